The van der Waals surface area contributed by atoms with Crippen LogP contribution in [-0.4, -0.2) is 24.0 Å². The van der Waals surface area contributed by atoms with Gasteiger partial charge in [-0.3, -0.25) is 4.79 Å². The maximum atomic E-state index is 12.6. The normalized spacial score (nSPS) is 11.9. The van der Waals surface area contributed by atoms with E-state index in [4.69, 9.17) is 4.74 Å². The fraction of sp³-hybridized carbons (Fsp3) is 0.333. The number of methoxy groups -OCH3 is 1. The highest BCUT2D eigenvalue weighted by atomic mass is 79.9. The van der Waals surface area contributed by atoms with Crippen molar-refractivity contribution in [2.75, 3.05) is 7.11 Å². The van der Waals surface area contributed by atoms with Crippen LogP contribution in [0.2, 0.25) is 0 Å². The maximum Gasteiger partial charge on any atom is 0.339 e. The van der Waals surface area contributed by atoms with Gasteiger partial charge >= 0.3 is 5.97 Å². The molecule has 2 aromatic rings. The first-order valence-electron chi connectivity index (χ1n) is 7.75. The molecule has 0 saturated heterocycles. The number of amides is 1. The zero-order valence-electron chi connectivity index (χ0n) is 14.2. The molecule has 0 bridgehead atoms. The van der Waals surface area contributed by atoms with Gasteiger partial charge in [0.05, 0.1) is 18.7 Å². The molecule has 2 rings (SSSR count). The first-order valence-corrected chi connectivity index (χ1v) is 8.54. The van der Waals surface area contributed by atoms with Crippen LogP contribution in [0.4, 0.5) is 0 Å². The second-order valence-corrected chi connectivity index (χ2v) is 6.49. The standard InChI is InChI=1S/C18H21BrN2O3/c1-5-14-15(18(23)24-4)10(2)16(21-14)17(22)20-11(3)12-7-6-8-13(19)9-12/h6-9,11,21H,5H2,1-4H3,(H,20,22). The summed E-state index contributed by atoms with van der Waals surface area (Å²) in [5.74, 6) is -0.676. The summed E-state index contributed by atoms with van der Waals surface area (Å²) in [4.78, 5) is 27.6. The molecule has 0 spiro atoms. The van der Waals surface area contributed by atoms with E-state index in [-0.39, 0.29) is 11.9 Å². The molecule has 1 aromatic heterocycles. The quantitative estimate of drug-likeness (QED) is 0.757. The number of benzene rings is 1. The van der Waals surface area contributed by atoms with Crippen molar-refractivity contribution in [3.8, 4) is 0 Å². The van der Waals surface area contributed by atoms with Gasteiger partial charge in [0, 0.05) is 10.2 Å². The van der Waals surface area contributed by atoms with Crippen molar-refractivity contribution in [3.63, 3.8) is 0 Å². The Labute approximate surface area is 149 Å². The Morgan fingerprint density at radius 1 is 1.38 bits per heavy atom. The third-order valence-corrected chi connectivity index (χ3v) is 4.49. The summed E-state index contributed by atoms with van der Waals surface area (Å²) >= 11 is 3.43. The smallest absolute Gasteiger partial charge is 0.339 e. The lowest BCUT2D eigenvalue weighted by Gasteiger charge is -2.14. The van der Waals surface area contributed by atoms with Gasteiger partial charge in [-0.15, -0.1) is 0 Å². The third kappa shape index (κ3) is 3.70. The van der Waals surface area contributed by atoms with Crippen LogP contribution < -0.4 is 5.32 Å². The van der Waals surface area contributed by atoms with Crippen molar-refractivity contribution >= 4 is 27.8 Å². The number of nitrogens with one attached hydrogen (secondary N) is 2. The molecule has 24 heavy (non-hydrogen) atoms. The van der Waals surface area contributed by atoms with Gasteiger partial charge in [-0.05, 0) is 43.5 Å². The summed E-state index contributed by atoms with van der Waals surface area (Å²) in [5, 5.41) is 2.96. The maximum absolute atomic E-state index is 12.6. The van der Waals surface area contributed by atoms with Crippen LogP contribution >= 0.6 is 15.9 Å². The molecule has 0 saturated carbocycles. The van der Waals surface area contributed by atoms with Gasteiger partial charge < -0.3 is 15.0 Å². The first-order chi connectivity index (χ1) is 11.4. The highest BCUT2D eigenvalue weighted by Crippen LogP contribution is 2.22. The topological polar surface area (TPSA) is 71.2 Å². The van der Waals surface area contributed by atoms with Gasteiger partial charge in [-0.2, -0.15) is 0 Å². The number of ether oxygens (including phenoxy) is 1. The fourth-order valence-electron chi connectivity index (χ4n) is 2.66. The molecule has 0 aliphatic carbocycles. The Bertz CT molecular complexity index is 768. The molecule has 6 heteroatoms. The minimum absolute atomic E-state index is 0.163. The molecular weight excluding hydrogens is 372 g/mol. The SMILES string of the molecule is CCc1[nH]c(C(=O)NC(C)c2cccc(Br)c2)c(C)c1C(=O)OC. The summed E-state index contributed by atoms with van der Waals surface area (Å²) in [5.41, 5.74) is 3.15. The van der Waals surface area contributed by atoms with E-state index in [1.54, 1.807) is 6.92 Å². The number of esters is 1. The highest BCUT2D eigenvalue weighted by Gasteiger charge is 2.24. The Hall–Kier alpha value is -2.08. The molecule has 0 radical (unpaired) electrons. The van der Waals surface area contributed by atoms with Gasteiger partial charge in [0.2, 0.25) is 0 Å². The van der Waals surface area contributed by atoms with Crippen LogP contribution in [0.3, 0.4) is 0 Å². The number of carbonyl (C=O) groups excluding carboxylic acids is 2. The van der Waals surface area contributed by atoms with Crippen LogP contribution in [0.15, 0.2) is 28.7 Å². The van der Waals surface area contributed by atoms with E-state index in [0.29, 0.717) is 28.9 Å². The number of aryl methyl sites for hydroxylation is 1. The Morgan fingerprint density at radius 2 is 2.08 bits per heavy atom. The van der Waals surface area contributed by atoms with Gasteiger partial charge in [0.15, 0.2) is 0 Å². The minimum Gasteiger partial charge on any atom is -0.465 e. The van der Waals surface area contributed by atoms with E-state index >= 15 is 0 Å². The second-order valence-electron chi connectivity index (χ2n) is 5.57. The second kappa shape index (κ2) is 7.66. The van der Waals surface area contributed by atoms with Crippen LogP contribution in [-0.2, 0) is 11.2 Å². The monoisotopic (exact) mass is 392 g/mol. The van der Waals surface area contributed by atoms with E-state index < -0.39 is 5.97 Å². The molecule has 1 heterocycles. The Morgan fingerprint density at radius 3 is 2.67 bits per heavy atom. The van der Waals surface area contributed by atoms with E-state index in [1.807, 2.05) is 38.1 Å². The van der Waals surface area contributed by atoms with Gasteiger partial charge in [-0.25, -0.2) is 4.79 Å². The number of rotatable bonds is 5. The van der Waals surface area contributed by atoms with Gasteiger partial charge in [-0.1, -0.05) is 35.0 Å². The van der Waals surface area contributed by atoms with Gasteiger partial charge in [0.25, 0.3) is 5.91 Å². The van der Waals surface area contributed by atoms with Crippen molar-refractivity contribution in [1.82, 2.24) is 10.3 Å². The molecule has 1 amide bonds. The Balaban J connectivity index is 2.27. The average Bonchev–Trinajstić information content (AvgIpc) is 2.90. The van der Waals surface area contributed by atoms with Crippen molar-refractivity contribution in [2.45, 2.75) is 33.2 Å². The van der Waals surface area contributed by atoms with E-state index in [2.05, 4.69) is 26.2 Å². The van der Waals surface area contributed by atoms with Crippen LogP contribution in [0.1, 0.15) is 57.6 Å². The molecule has 0 aliphatic rings. The number of carbonyl (C=O) groups is 2. The number of hydrogen-bond acceptors (Lipinski definition) is 3. The molecular formula is C18H21BrN2O3. The molecule has 128 valence electrons. The number of halogens is 1. The lowest BCUT2D eigenvalue weighted by Crippen LogP contribution is -2.27. The lowest BCUT2D eigenvalue weighted by molar-refractivity contribution is 0.0599. The van der Waals surface area contributed by atoms with E-state index in [0.717, 1.165) is 10.0 Å². The average molecular weight is 393 g/mol. The van der Waals surface area contributed by atoms with Crippen molar-refractivity contribution < 1.29 is 14.3 Å². The number of hydrogen-bond donors (Lipinski definition) is 2. The zero-order valence-corrected chi connectivity index (χ0v) is 15.8. The summed E-state index contributed by atoms with van der Waals surface area (Å²) in [6.07, 6.45) is 0.611. The molecule has 1 unspecified atom stereocenters. The predicted octanol–water partition coefficient (Wildman–Crippen LogP) is 3.93. The van der Waals surface area contributed by atoms with E-state index in [1.165, 1.54) is 7.11 Å². The summed E-state index contributed by atoms with van der Waals surface area (Å²) < 4.78 is 5.78. The lowest BCUT2D eigenvalue weighted by atomic mass is 10.1. The zero-order chi connectivity index (χ0) is 17.9. The number of aromatic nitrogens is 1. The van der Waals surface area contributed by atoms with Crippen LogP contribution in [0.5, 0.6) is 0 Å². The third-order valence-electron chi connectivity index (χ3n) is 3.99. The summed E-state index contributed by atoms with van der Waals surface area (Å²) in [6.45, 7) is 5.59. The Kier molecular flexibility index (Phi) is 5.83. The number of H-pyrrole nitrogens is 1. The molecule has 1 atom stereocenters. The molecule has 0 aliphatic heterocycles. The fourth-order valence-corrected chi connectivity index (χ4v) is 3.07. The number of aromatic amines is 1. The molecule has 5 nitrogen and oxygen atoms in total. The van der Waals surface area contributed by atoms with Crippen LogP contribution in [0.25, 0.3) is 0 Å². The highest BCUT2D eigenvalue weighted by molar-refractivity contribution is 9.10. The minimum atomic E-state index is -0.431. The largest absolute Gasteiger partial charge is 0.465 e. The molecule has 1 aromatic carbocycles. The molecule has 2 N–H and O–H groups in total. The van der Waals surface area contributed by atoms with Crippen LogP contribution in [0, 0.1) is 6.92 Å². The van der Waals surface area contributed by atoms with Crippen molar-refractivity contribution in [1.29, 1.82) is 0 Å². The molecule has 0 fully saturated rings. The summed E-state index contributed by atoms with van der Waals surface area (Å²) in [7, 11) is 1.34. The van der Waals surface area contributed by atoms with E-state index in [9.17, 15) is 9.59 Å². The predicted molar refractivity (Wildman–Crippen MR) is 96.3 cm³/mol. The van der Waals surface area contributed by atoms with Crippen molar-refractivity contribution in [2.24, 2.45) is 0 Å². The van der Waals surface area contributed by atoms with Crippen molar-refractivity contribution in [3.05, 3.63) is 56.8 Å². The van der Waals surface area contributed by atoms with Gasteiger partial charge in [0.1, 0.15) is 5.69 Å². The first kappa shape index (κ1) is 18.3. The summed E-state index contributed by atoms with van der Waals surface area (Å²) in [6, 6.07) is 7.61.